The van der Waals surface area contributed by atoms with Crippen LogP contribution in [0.25, 0.3) is 0 Å². The molecule has 5 N–H and O–H groups in total. The van der Waals surface area contributed by atoms with Crippen molar-refractivity contribution in [3.8, 4) is 0 Å². The van der Waals surface area contributed by atoms with Crippen LogP contribution in [0.3, 0.4) is 0 Å². The largest absolute Gasteiger partial charge is 0.398 e. The van der Waals surface area contributed by atoms with E-state index in [2.05, 4.69) is 10.0 Å². The number of nitrogens with one attached hydrogen (secondary N) is 2. The van der Waals surface area contributed by atoms with Crippen LogP contribution in [-0.2, 0) is 10.0 Å². The van der Waals surface area contributed by atoms with E-state index in [0.717, 1.165) is 5.69 Å². The zero-order chi connectivity index (χ0) is 15.3. The molecule has 20 heavy (non-hydrogen) atoms. The smallest absolute Gasteiger partial charge is 0.242 e. The topological polar surface area (TPSA) is 104 Å². The monoisotopic (exact) mass is 319 g/mol. The predicted molar refractivity (Wildman–Crippen MR) is 84.6 cm³/mol. The Morgan fingerprint density at radius 2 is 2.10 bits per heavy atom. The van der Waals surface area contributed by atoms with Crippen LogP contribution in [0.2, 0.25) is 0 Å². The van der Waals surface area contributed by atoms with Gasteiger partial charge in [0.25, 0.3) is 0 Å². The first-order chi connectivity index (χ1) is 9.35. The molecule has 2 atom stereocenters. The van der Waals surface area contributed by atoms with E-state index in [-0.39, 0.29) is 28.5 Å². The van der Waals surface area contributed by atoms with Gasteiger partial charge in [-0.2, -0.15) is 11.8 Å². The second-order valence-corrected chi connectivity index (χ2v) is 7.28. The summed E-state index contributed by atoms with van der Waals surface area (Å²) in [6, 6.07) is 4.73. The van der Waals surface area contributed by atoms with Gasteiger partial charge in [-0.05, 0) is 38.4 Å². The highest BCUT2D eigenvalue weighted by Gasteiger charge is 2.18. The summed E-state index contributed by atoms with van der Waals surface area (Å²) in [6.45, 7) is 2.02. The Hall–Kier alpha value is -0.960. The molecule has 0 aliphatic carbocycles. The maximum atomic E-state index is 11.7. The molecule has 0 fully saturated rings. The van der Waals surface area contributed by atoms with E-state index in [9.17, 15) is 13.5 Å². The molecule has 0 heterocycles. The van der Waals surface area contributed by atoms with Crippen molar-refractivity contribution in [1.82, 2.24) is 4.72 Å². The van der Waals surface area contributed by atoms with E-state index >= 15 is 0 Å². The van der Waals surface area contributed by atoms with E-state index in [1.165, 1.54) is 13.1 Å². The molecule has 0 bridgehead atoms. The van der Waals surface area contributed by atoms with Crippen LogP contribution < -0.4 is 15.8 Å². The first kappa shape index (κ1) is 17.1. The second-order valence-electron chi connectivity index (χ2n) is 4.35. The molecule has 114 valence electrons. The molecule has 1 rings (SSSR count). The van der Waals surface area contributed by atoms with Gasteiger partial charge in [0.1, 0.15) is 4.90 Å². The number of rotatable bonds is 7. The summed E-state index contributed by atoms with van der Waals surface area (Å²) >= 11 is 1.56. The van der Waals surface area contributed by atoms with Gasteiger partial charge in [-0.3, -0.25) is 0 Å². The van der Waals surface area contributed by atoms with Crippen LogP contribution in [0.5, 0.6) is 0 Å². The molecule has 0 aromatic heterocycles. The van der Waals surface area contributed by atoms with Crippen molar-refractivity contribution >= 4 is 33.2 Å². The van der Waals surface area contributed by atoms with Crippen molar-refractivity contribution in [2.45, 2.75) is 23.1 Å². The number of anilines is 2. The first-order valence-electron chi connectivity index (χ1n) is 6.09. The molecule has 0 spiro atoms. The van der Waals surface area contributed by atoms with Gasteiger partial charge in [0.15, 0.2) is 0 Å². The first-order valence-corrected chi connectivity index (χ1v) is 8.86. The predicted octanol–water partition coefficient (Wildman–Crippen LogP) is 0.701. The third kappa shape index (κ3) is 4.02. The van der Waals surface area contributed by atoms with E-state index < -0.39 is 10.0 Å². The minimum Gasteiger partial charge on any atom is -0.398 e. The minimum absolute atomic E-state index is 0.0288. The van der Waals surface area contributed by atoms with E-state index in [0.29, 0.717) is 0 Å². The fraction of sp³-hybridized carbons (Fsp3) is 0.500. The van der Waals surface area contributed by atoms with Crippen molar-refractivity contribution in [2.24, 2.45) is 0 Å². The minimum atomic E-state index is -3.55. The SMILES string of the molecule is CNS(=O)(=O)c1ccc(NC(C)C(CO)SC)cc1N. The molecular formula is C12H21N3O3S2. The van der Waals surface area contributed by atoms with Crippen LogP contribution in [0.15, 0.2) is 23.1 Å². The van der Waals surface area contributed by atoms with Crippen LogP contribution in [0.4, 0.5) is 11.4 Å². The lowest BCUT2D eigenvalue weighted by Gasteiger charge is -2.22. The Labute approximate surface area is 124 Å². The second kappa shape index (κ2) is 7.16. The summed E-state index contributed by atoms with van der Waals surface area (Å²) in [5.41, 5.74) is 6.69. The molecule has 0 saturated carbocycles. The number of aliphatic hydroxyl groups is 1. The lowest BCUT2D eigenvalue weighted by Crippen LogP contribution is -2.31. The lowest BCUT2D eigenvalue weighted by atomic mass is 10.2. The number of nitrogen functional groups attached to an aromatic ring is 1. The molecule has 1 aromatic rings. The molecular weight excluding hydrogens is 298 g/mol. The summed E-state index contributed by atoms with van der Waals surface area (Å²) in [7, 11) is -2.21. The number of hydrogen-bond donors (Lipinski definition) is 4. The Morgan fingerprint density at radius 1 is 1.45 bits per heavy atom. The number of thioether (sulfide) groups is 1. The molecule has 0 aliphatic rings. The van der Waals surface area contributed by atoms with Crippen molar-refractivity contribution in [3.05, 3.63) is 18.2 Å². The number of aliphatic hydroxyl groups excluding tert-OH is 1. The average molecular weight is 319 g/mol. The number of hydrogen-bond acceptors (Lipinski definition) is 6. The quantitative estimate of drug-likeness (QED) is 0.552. The Kier molecular flexibility index (Phi) is 6.12. The number of nitrogens with two attached hydrogens (primary N) is 1. The Morgan fingerprint density at radius 3 is 2.55 bits per heavy atom. The van der Waals surface area contributed by atoms with Crippen LogP contribution >= 0.6 is 11.8 Å². The molecule has 2 unspecified atom stereocenters. The maximum Gasteiger partial charge on any atom is 0.242 e. The molecule has 8 heteroatoms. The van der Waals surface area contributed by atoms with E-state index in [1.54, 1.807) is 23.9 Å². The highest BCUT2D eigenvalue weighted by Crippen LogP contribution is 2.24. The van der Waals surface area contributed by atoms with Gasteiger partial charge >= 0.3 is 0 Å². The summed E-state index contributed by atoms with van der Waals surface area (Å²) in [4.78, 5) is 0.0572. The fourth-order valence-electron chi connectivity index (χ4n) is 1.79. The average Bonchev–Trinajstić information content (AvgIpc) is 2.39. The molecule has 0 saturated heterocycles. The van der Waals surface area contributed by atoms with Gasteiger partial charge in [0.2, 0.25) is 10.0 Å². The molecule has 1 aromatic carbocycles. The summed E-state index contributed by atoms with van der Waals surface area (Å²) in [5, 5.41) is 12.5. The van der Waals surface area contributed by atoms with E-state index in [1.807, 2.05) is 13.2 Å². The summed E-state index contributed by atoms with van der Waals surface area (Å²) in [5.74, 6) is 0. The van der Waals surface area contributed by atoms with E-state index in [4.69, 9.17) is 5.73 Å². The standard InChI is InChI=1S/C12H21N3O3S2/c1-8(11(7-16)19-3)15-9-4-5-12(10(13)6-9)20(17,18)14-2/h4-6,8,11,14-16H,7,13H2,1-3H3. The summed E-state index contributed by atoms with van der Waals surface area (Å²) < 4.78 is 25.6. The highest BCUT2D eigenvalue weighted by molar-refractivity contribution is 7.99. The normalized spacial score (nSPS) is 14.8. The summed E-state index contributed by atoms with van der Waals surface area (Å²) in [6.07, 6.45) is 1.93. The maximum absolute atomic E-state index is 11.7. The van der Waals surface area contributed by atoms with Crippen LogP contribution in [-0.4, -0.2) is 44.7 Å². The third-order valence-corrected chi connectivity index (χ3v) is 5.65. The van der Waals surface area contributed by atoms with Crippen molar-refractivity contribution in [3.63, 3.8) is 0 Å². The van der Waals surface area contributed by atoms with Crippen LogP contribution in [0, 0.1) is 0 Å². The molecule has 6 nitrogen and oxygen atoms in total. The fourth-order valence-corrected chi connectivity index (χ4v) is 3.25. The molecule has 0 amide bonds. The molecule has 0 radical (unpaired) electrons. The van der Waals surface area contributed by atoms with Crippen molar-refractivity contribution in [1.29, 1.82) is 0 Å². The Bertz CT molecular complexity index is 545. The number of benzene rings is 1. The highest BCUT2D eigenvalue weighted by atomic mass is 32.2. The Balaban J connectivity index is 2.94. The van der Waals surface area contributed by atoms with Gasteiger partial charge in [-0.15, -0.1) is 0 Å². The zero-order valence-electron chi connectivity index (χ0n) is 11.8. The van der Waals surface area contributed by atoms with Crippen molar-refractivity contribution < 1.29 is 13.5 Å². The van der Waals surface area contributed by atoms with Gasteiger partial charge < -0.3 is 16.2 Å². The zero-order valence-corrected chi connectivity index (χ0v) is 13.4. The van der Waals surface area contributed by atoms with Gasteiger partial charge in [-0.1, -0.05) is 0 Å². The van der Waals surface area contributed by atoms with Crippen LogP contribution in [0.1, 0.15) is 6.92 Å². The third-order valence-electron chi connectivity index (χ3n) is 3.00. The lowest BCUT2D eigenvalue weighted by molar-refractivity contribution is 0.288. The molecule has 0 aliphatic heterocycles. The van der Waals surface area contributed by atoms with Gasteiger partial charge in [0, 0.05) is 17.0 Å². The number of sulfonamides is 1. The van der Waals surface area contributed by atoms with Crippen molar-refractivity contribution in [2.75, 3.05) is 31.0 Å². The van der Waals surface area contributed by atoms with Gasteiger partial charge in [0.05, 0.1) is 12.3 Å². The van der Waals surface area contributed by atoms with Gasteiger partial charge in [-0.25, -0.2) is 13.1 Å².